The van der Waals surface area contributed by atoms with Crippen molar-refractivity contribution in [2.75, 3.05) is 13.1 Å². The van der Waals surface area contributed by atoms with Crippen LogP contribution >= 0.6 is 0 Å². The van der Waals surface area contributed by atoms with Crippen LogP contribution in [0.3, 0.4) is 0 Å². The van der Waals surface area contributed by atoms with E-state index in [9.17, 15) is 18.3 Å². The molecule has 7 heteroatoms. The minimum absolute atomic E-state index is 0.375. The number of halogens is 3. The maximum atomic E-state index is 12.5. The van der Waals surface area contributed by atoms with Gasteiger partial charge in [0.2, 0.25) is 0 Å². The largest absolute Gasteiger partial charge is 0.414 e. The van der Waals surface area contributed by atoms with Crippen LogP contribution in [0, 0.1) is 12.8 Å². The van der Waals surface area contributed by atoms with E-state index in [1.54, 1.807) is 4.68 Å². The summed E-state index contributed by atoms with van der Waals surface area (Å²) in [5, 5.41) is 13.5. The number of alkyl halides is 3. The van der Waals surface area contributed by atoms with E-state index in [-0.39, 0.29) is 0 Å². The lowest BCUT2D eigenvalue weighted by Gasteiger charge is -2.34. The predicted octanol–water partition coefficient (Wildman–Crippen LogP) is 1.86. The molecule has 0 bridgehead atoms. The fourth-order valence-electron chi connectivity index (χ4n) is 2.74. The van der Waals surface area contributed by atoms with E-state index in [2.05, 4.69) is 10.00 Å². The van der Waals surface area contributed by atoms with Crippen molar-refractivity contribution in [2.45, 2.75) is 38.6 Å². The van der Waals surface area contributed by atoms with Gasteiger partial charge < -0.3 is 5.11 Å². The van der Waals surface area contributed by atoms with E-state index in [4.69, 9.17) is 0 Å². The molecular weight excluding hydrogens is 271 g/mol. The summed E-state index contributed by atoms with van der Waals surface area (Å²) in [6, 6.07) is 0. The van der Waals surface area contributed by atoms with Gasteiger partial charge in [-0.2, -0.15) is 18.3 Å². The van der Waals surface area contributed by atoms with Crippen LogP contribution < -0.4 is 0 Å². The van der Waals surface area contributed by atoms with E-state index >= 15 is 0 Å². The second-order valence-corrected chi connectivity index (χ2v) is 5.51. The van der Waals surface area contributed by atoms with E-state index in [1.165, 1.54) is 0 Å². The first-order valence-corrected chi connectivity index (χ1v) is 6.73. The topological polar surface area (TPSA) is 41.3 Å². The van der Waals surface area contributed by atoms with Gasteiger partial charge in [0.1, 0.15) is 0 Å². The molecule has 2 rings (SSSR count). The smallest absolute Gasteiger partial charge is 0.383 e. The van der Waals surface area contributed by atoms with Crippen LogP contribution in [0.4, 0.5) is 13.2 Å². The van der Waals surface area contributed by atoms with Gasteiger partial charge >= 0.3 is 6.18 Å². The molecule has 1 saturated heterocycles. The fourth-order valence-corrected chi connectivity index (χ4v) is 2.74. The van der Waals surface area contributed by atoms with E-state index in [0.717, 1.165) is 11.3 Å². The van der Waals surface area contributed by atoms with Gasteiger partial charge in [-0.3, -0.25) is 9.58 Å². The summed E-state index contributed by atoms with van der Waals surface area (Å²) >= 11 is 0. The van der Waals surface area contributed by atoms with Crippen molar-refractivity contribution in [2.24, 2.45) is 13.0 Å². The van der Waals surface area contributed by atoms with Crippen LogP contribution in [-0.2, 0) is 13.6 Å². The standard InChI is InChI=1S/C13H20F3N3O/c1-9-11(7-18(2)17-9)8-19-5-3-10(4-6-19)12(20)13(14,15)16/h7,10,12,20H,3-6,8H2,1-2H3. The SMILES string of the molecule is Cc1nn(C)cc1CN1CCC(C(O)C(F)(F)F)CC1. The monoisotopic (exact) mass is 291 g/mol. The lowest BCUT2D eigenvalue weighted by Crippen LogP contribution is -2.43. The second-order valence-electron chi connectivity index (χ2n) is 5.51. The number of nitrogens with zero attached hydrogens (tertiary/aromatic N) is 3. The molecule has 0 aromatic carbocycles. The van der Waals surface area contributed by atoms with Crippen LogP contribution in [0.5, 0.6) is 0 Å². The van der Waals surface area contributed by atoms with Gasteiger partial charge in [0.25, 0.3) is 0 Å². The molecule has 1 atom stereocenters. The van der Waals surface area contributed by atoms with Gasteiger partial charge in [-0.25, -0.2) is 0 Å². The molecule has 1 aromatic heterocycles. The van der Waals surface area contributed by atoms with Crippen molar-refractivity contribution in [3.8, 4) is 0 Å². The number of aliphatic hydroxyl groups excluding tert-OH is 1. The third-order valence-electron chi connectivity index (χ3n) is 3.92. The Hall–Kier alpha value is -1.08. The molecule has 1 N–H and O–H groups in total. The lowest BCUT2D eigenvalue weighted by molar-refractivity contribution is -0.223. The second kappa shape index (κ2) is 5.73. The molecule has 2 heterocycles. The van der Waals surface area contributed by atoms with Crippen LogP contribution in [0.1, 0.15) is 24.1 Å². The first kappa shape index (κ1) is 15.3. The van der Waals surface area contributed by atoms with Gasteiger partial charge in [0.15, 0.2) is 6.10 Å². The molecule has 0 amide bonds. The van der Waals surface area contributed by atoms with Crippen LogP contribution in [-0.4, -0.2) is 45.2 Å². The number of hydrogen-bond acceptors (Lipinski definition) is 3. The highest BCUT2D eigenvalue weighted by molar-refractivity contribution is 5.15. The summed E-state index contributed by atoms with van der Waals surface area (Å²) in [6.07, 6.45) is -4.01. The van der Waals surface area contributed by atoms with Crippen molar-refractivity contribution in [1.82, 2.24) is 14.7 Å². The lowest BCUT2D eigenvalue weighted by atomic mass is 9.90. The highest BCUT2D eigenvalue weighted by atomic mass is 19.4. The molecule has 0 saturated carbocycles. The minimum Gasteiger partial charge on any atom is -0.383 e. The van der Waals surface area contributed by atoms with Crippen molar-refractivity contribution >= 4 is 0 Å². The molecule has 114 valence electrons. The van der Waals surface area contributed by atoms with Crippen molar-refractivity contribution < 1.29 is 18.3 Å². The molecule has 0 aliphatic carbocycles. The van der Waals surface area contributed by atoms with E-state index < -0.39 is 18.2 Å². The summed E-state index contributed by atoms with van der Waals surface area (Å²) in [5.74, 6) is -0.679. The van der Waals surface area contributed by atoms with Crippen molar-refractivity contribution in [1.29, 1.82) is 0 Å². The highest BCUT2D eigenvalue weighted by Crippen LogP contribution is 2.31. The normalized spacial score (nSPS) is 20.3. The molecule has 20 heavy (non-hydrogen) atoms. The summed E-state index contributed by atoms with van der Waals surface area (Å²) in [7, 11) is 1.85. The Morgan fingerprint density at radius 2 is 2.00 bits per heavy atom. The number of aliphatic hydroxyl groups is 1. The summed E-state index contributed by atoms with van der Waals surface area (Å²) in [5.41, 5.74) is 2.05. The Morgan fingerprint density at radius 3 is 2.45 bits per heavy atom. The van der Waals surface area contributed by atoms with Gasteiger partial charge in [-0.15, -0.1) is 0 Å². The number of likely N-dealkylation sites (tertiary alicyclic amines) is 1. The van der Waals surface area contributed by atoms with Crippen LogP contribution in [0.15, 0.2) is 6.20 Å². The number of hydrogen-bond donors (Lipinski definition) is 1. The van der Waals surface area contributed by atoms with Crippen LogP contribution in [0.25, 0.3) is 0 Å². The van der Waals surface area contributed by atoms with Crippen molar-refractivity contribution in [3.63, 3.8) is 0 Å². The number of rotatable bonds is 3. The average Bonchev–Trinajstić information content (AvgIpc) is 2.67. The molecule has 1 unspecified atom stereocenters. The third kappa shape index (κ3) is 3.52. The maximum Gasteiger partial charge on any atom is 0.414 e. The molecule has 1 aliphatic heterocycles. The molecule has 4 nitrogen and oxygen atoms in total. The summed E-state index contributed by atoms with van der Waals surface area (Å²) in [4.78, 5) is 2.11. The first-order valence-electron chi connectivity index (χ1n) is 6.73. The van der Waals surface area contributed by atoms with E-state index in [1.807, 2.05) is 20.2 Å². The Morgan fingerprint density at radius 1 is 1.40 bits per heavy atom. The zero-order chi connectivity index (χ0) is 14.9. The quantitative estimate of drug-likeness (QED) is 0.924. The molecular formula is C13H20F3N3O. The summed E-state index contributed by atoms with van der Waals surface area (Å²) < 4.78 is 39.1. The third-order valence-corrected chi connectivity index (χ3v) is 3.92. The minimum atomic E-state index is -4.51. The highest BCUT2D eigenvalue weighted by Gasteiger charge is 2.44. The van der Waals surface area contributed by atoms with Gasteiger partial charge in [0, 0.05) is 25.4 Å². The Balaban J connectivity index is 1.87. The van der Waals surface area contributed by atoms with E-state index in [0.29, 0.717) is 32.5 Å². The maximum absolute atomic E-state index is 12.5. The molecule has 1 fully saturated rings. The molecule has 0 spiro atoms. The zero-order valence-corrected chi connectivity index (χ0v) is 11.7. The average molecular weight is 291 g/mol. The molecule has 1 aliphatic rings. The van der Waals surface area contributed by atoms with Gasteiger partial charge in [-0.05, 0) is 38.8 Å². The zero-order valence-electron chi connectivity index (χ0n) is 11.7. The van der Waals surface area contributed by atoms with Crippen molar-refractivity contribution in [3.05, 3.63) is 17.5 Å². The fraction of sp³-hybridized carbons (Fsp3) is 0.769. The number of aryl methyl sites for hydroxylation is 2. The molecule has 1 aromatic rings. The Labute approximate surface area is 116 Å². The first-order chi connectivity index (χ1) is 9.27. The molecule has 0 radical (unpaired) electrons. The van der Waals surface area contributed by atoms with Gasteiger partial charge in [-0.1, -0.05) is 0 Å². The van der Waals surface area contributed by atoms with Gasteiger partial charge in [0.05, 0.1) is 5.69 Å². The summed E-state index contributed by atoms with van der Waals surface area (Å²) in [6.45, 7) is 3.78. The number of aromatic nitrogens is 2. The Bertz CT molecular complexity index is 450. The van der Waals surface area contributed by atoms with Crippen LogP contribution in [0.2, 0.25) is 0 Å². The predicted molar refractivity (Wildman–Crippen MR) is 68.0 cm³/mol. The Kier molecular flexibility index (Phi) is 4.39. The number of piperidine rings is 1.